The molecule has 0 saturated carbocycles. The molecular weight excluding hydrogens is 263 g/mol. The molecule has 0 fully saturated rings. The normalized spacial score (nSPS) is 11.6. The molecule has 6 heteroatoms. The number of carboxylic acids is 1. The Balaban J connectivity index is 2.21. The number of aliphatic carboxylic acids is 1. The molecule has 1 N–H and O–H groups in total. The van der Waals surface area contributed by atoms with Crippen molar-refractivity contribution in [1.29, 1.82) is 0 Å². The van der Waals surface area contributed by atoms with Gasteiger partial charge in [-0.2, -0.15) is 4.98 Å². The Morgan fingerprint density at radius 2 is 2.00 bits per heavy atom. The smallest absolute Gasteiger partial charge is 0.303 e. The van der Waals surface area contributed by atoms with Crippen LogP contribution in [0.4, 0.5) is 4.39 Å². The van der Waals surface area contributed by atoms with Crippen LogP contribution in [0.15, 0.2) is 28.8 Å². The Bertz CT molecular complexity index is 605. The lowest BCUT2D eigenvalue weighted by Crippen LogP contribution is -2.20. The molecule has 2 aromatic rings. The third kappa shape index (κ3) is 3.01. The Morgan fingerprint density at radius 3 is 2.60 bits per heavy atom. The second-order valence-electron chi connectivity index (χ2n) is 5.04. The minimum Gasteiger partial charge on any atom is -0.481 e. The maximum Gasteiger partial charge on any atom is 0.303 e. The van der Waals surface area contributed by atoms with Crippen LogP contribution in [0.25, 0.3) is 0 Å². The van der Waals surface area contributed by atoms with Crippen molar-refractivity contribution < 1.29 is 18.8 Å². The van der Waals surface area contributed by atoms with Crippen molar-refractivity contribution in [2.75, 3.05) is 0 Å². The van der Waals surface area contributed by atoms with Gasteiger partial charge in [-0.25, -0.2) is 4.39 Å². The van der Waals surface area contributed by atoms with Gasteiger partial charge in [0, 0.05) is 6.42 Å². The van der Waals surface area contributed by atoms with Crippen LogP contribution in [0, 0.1) is 5.82 Å². The minimum absolute atomic E-state index is 0.0569. The van der Waals surface area contributed by atoms with Crippen molar-refractivity contribution in [3.63, 3.8) is 0 Å². The van der Waals surface area contributed by atoms with E-state index in [0.717, 1.165) is 5.56 Å². The largest absolute Gasteiger partial charge is 0.481 e. The van der Waals surface area contributed by atoms with Crippen LogP contribution >= 0.6 is 0 Å². The van der Waals surface area contributed by atoms with Gasteiger partial charge in [0.25, 0.3) is 0 Å². The minimum atomic E-state index is -0.914. The summed E-state index contributed by atoms with van der Waals surface area (Å²) in [6.45, 7) is 3.79. The number of benzene rings is 1. The molecule has 2 rings (SSSR count). The summed E-state index contributed by atoms with van der Waals surface area (Å²) >= 11 is 0. The van der Waals surface area contributed by atoms with Crippen LogP contribution in [-0.4, -0.2) is 21.2 Å². The number of rotatable bonds is 5. The first-order valence-corrected chi connectivity index (χ1v) is 6.20. The highest BCUT2D eigenvalue weighted by atomic mass is 19.1. The number of carboxylic acid groups (broad SMARTS) is 1. The number of hydrogen-bond donors (Lipinski definition) is 1. The lowest BCUT2D eigenvalue weighted by Gasteiger charge is -2.20. The Labute approximate surface area is 115 Å². The SMILES string of the molecule is CC(C)(c1ccc(F)cc1)c1noc(CCC(=O)O)n1. The second kappa shape index (κ2) is 5.40. The van der Waals surface area contributed by atoms with Crippen LogP contribution in [0.3, 0.4) is 0 Å². The predicted molar refractivity (Wildman–Crippen MR) is 68.8 cm³/mol. The molecule has 0 aliphatic rings. The fourth-order valence-electron chi connectivity index (χ4n) is 1.82. The molecule has 0 unspecified atom stereocenters. The van der Waals surface area contributed by atoms with E-state index < -0.39 is 11.4 Å². The topological polar surface area (TPSA) is 76.2 Å². The van der Waals surface area contributed by atoms with Gasteiger partial charge in [0.2, 0.25) is 5.89 Å². The molecule has 0 bridgehead atoms. The van der Waals surface area contributed by atoms with Crippen LogP contribution in [0.2, 0.25) is 0 Å². The fraction of sp³-hybridized carbons (Fsp3) is 0.357. The van der Waals surface area contributed by atoms with E-state index in [2.05, 4.69) is 10.1 Å². The molecule has 0 saturated heterocycles. The Morgan fingerprint density at radius 1 is 1.35 bits per heavy atom. The van der Waals surface area contributed by atoms with Crippen LogP contribution < -0.4 is 0 Å². The summed E-state index contributed by atoms with van der Waals surface area (Å²) in [5.41, 5.74) is 0.308. The highest BCUT2D eigenvalue weighted by Crippen LogP contribution is 2.29. The van der Waals surface area contributed by atoms with Gasteiger partial charge in [-0.05, 0) is 31.5 Å². The lowest BCUT2D eigenvalue weighted by molar-refractivity contribution is -0.137. The number of halogens is 1. The van der Waals surface area contributed by atoms with Gasteiger partial charge < -0.3 is 9.63 Å². The Hall–Kier alpha value is -2.24. The van der Waals surface area contributed by atoms with Crippen LogP contribution in [0.1, 0.15) is 37.5 Å². The van der Waals surface area contributed by atoms with Gasteiger partial charge in [-0.3, -0.25) is 4.79 Å². The first-order valence-electron chi connectivity index (χ1n) is 6.20. The first kappa shape index (κ1) is 14.2. The molecular formula is C14H15FN2O3. The second-order valence-corrected chi connectivity index (χ2v) is 5.04. The van der Waals surface area contributed by atoms with E-state index in [1.165, 1.54) is 12.1 Å². The number of carbonyl (C=O) groups is 1. The van der Waals surface area contributed by atoms with Gasteiger partial charge in [0.1, 0.15) is 5.82 Å². The van der Waals surface area contributed by atoms with E-state index in [0.29, 0.717) is 5.82 Å². The van der Waals surface area contributed by atoms with E-state index in [1.54, 1.807) is 12.1 Å². The highest BCUT2D eigenvalue weighted by Gasteiger charge is 2.29. The molecule has 5 nitrogen and oxygen atoms in total. The summed E-state index contributed by atoms with van der Waals surface area (Å²) in [6.07, 6.45) is 0.139. The maximum absolute atomic E-state index is 13.0. The average molecular weight is 278 g/mol. The van der Waals surface area contributed by atoms with Crippen molar-refractivity contribution >= 4 is 5.97 Å². The summed E-state index contributed by atoms with van der Waals surface area (Å²) in [7, 11) is 0. The quantitative estimate of drug-likeness (QED) is 0.909. The molecule has 20 heavy (non-hydrogen) atoms. The van der Waals surface area contributed by atoms with E-state index in [4.69, 9.17) is 9.63 Å². The molecule has 106 valence electrons. The summed E-state index contributed by atoms with van der Waals surface area (Å²) in [4.78, 5) is 14.7. The van der Waals surface area contributed by atoms with Crippen molar-refractivity contribution in [2.24, 2.45) is 0 Å². The molecule has 0 aliphatic carbocycles. The lowest BCUT2D eigenvalue weighted by atomic mass is 9.84. The van der Waals surface area contributed by atoms with Crippen molar-refractivity contribution in [3.05, 3.63) is 47.4 Å². The summed E-state index contributed by atoms with van der Waals surface area (Å²) in [5.74, 6) is -0.482. The molecule has 1 heterocycles. The molecule has 1 aromatic heterocycles. The van der Waals surface area contributed by atoms with Gasteiger partial charge in [0.15, 0.2) is 5.82 Å². The number of aryl methyl sites for hydroxylation is 1. The highest BCUT2D eigenvalue weighted by molar-refractivity contribution is 5.66. The van der Waals surface area contributed by atoms with Crippen molar-refractivity contribution in [1.82, 2.24) is 10.1 Å². The zero-order valence-corrected chi connectivity index (χ0v) is 11.3. The van der Waals surface area contributed by atoms with E-state index in [9.17, 15) is 9.18 Å². The number of nitrogens with zero attached hydrogens (tertiary/aromatic N) is 2. The third-order valence-corrected chi connectivity index (χ3v) is 3.15. The zero-order chi connectivity index (χ0) is 14.8. The van der Waals surface area contributed by atoms with Crippen LogP contribution in [-0.2, 0) is 16.6 Å². The summed E-state index contributed by atoms with van der Waals surface area (Å²) in [6, 6.07) is 6.09. The van der Waals surface area contributed by atoms with Gasteiger partial charge in [-0.1, -0.05) is 17.3 Å². The summed E-state index contributed by atoms with van der Waals surface area (Å²) < 4.78 is 18.0. The van der Waals surface area contributed by atoms with Gasteiger partial charge in [0.05, 0.1) is 11.8 Å². The number of aromatic nitrogens is 2. The fourth-order valence-corrected chi connectivity index (χ4v) is 1.82. The molecule has 0 atom stereocenters. The first-order chi connectivity index (χ1) is 9.39. The van der Waals surface area contributed by atoms with E-state index in [-0.39, 0.29) is 24.5 Å². The monoisotopic (exact) mass is 278 g/mol. The zero-order valence-electron chi connectivity index (χ0n) is 11.3. The standard InChI is InChI=1S/C14H15FN2O3/c1-14(2,9-3-5-10(15)6-4-9)13-16-11(20-17-13)7-8-12(18)19/h3-6H,7-8H2,1-2H3,(H,18,19). The molecule has 0 radical (unpaired) electrons. The van der Waals surface area contributed by atoms with Gasteiger partial charge >= 0.3 is 5.97 Å². The van der Waals surface area contributed by atoms with E-state index in [1.807, 2.05) is 13.8 Å². The molecule has 0 spiro atoms. The molecule has 0 amide bonds. The Kier molecular flexibility index (Phi) is 3.83. The van der Waals surface area contributed by atoms with Gasteiger partial charge in [-0.15, -0.1) is 0 Å². The van der Waals surface area contributed by atoms with E-state index >= 15 is 0 Å². The molecule has 1 aromatic carbocycles. The van der Waals surface area contributed by atoms with Crippen molar-refractivity contribution in [3.8, 4) is 0 Å². The molecule has 0 aliphatic heterocycles. The van der Waals surface area contributed by atoms with Crippen molar-refractivity contribution in [2.45, 2.75) is 32.1 Å². The third-order valence-electron chi connectivity index (χ3n) is 3.15. The van der Waals surface area contributed by atoms with Crippen LogP contribution in [0.5, 0.6) is 0 Å². The summed E-state index contributed by atoms with van der Waals surface area (Å²) in [5, 5.41) is 12.5. The predicted octanol–water partition coefficient (Wildman–Crippen LogP) is 2.55. The number of hydrogen-bond acceptors (Lipinski definition) is 4. The average Bonchev–Trinajstić information content (AvgIpc) is 2.86. The maximum atomic E-state index is 13.0.